The van der Waals surface area contributed by atoms with Crippen molar-refractivity contribution in [3.05, 3.63) is 29.8 Å². The zero-order chi connectivity index (χ0) is 16.7. The molecule has 22 heavy (non-hydrogen) atoms. The van der Waals surface area contributed by atoms with Crippen molar-refractivity contribution in [1.29, 1.82) is 0 Å². The highest BCUT2D eigenvalue weighted by Gasteiger charge is 2.32. The number of hydrogen-bond acceptors (Lipinski definition) is 7. The third-order valence-corrected chi connectivity index (χ3v) is 3.18. The van der Waals surface area contributed by atoms with Crippen molar-refractivity contribution in [3.8, 4) is 0 Å². The standard InChI is InChI=1S/C14H20N2O6/c1-15-9-5-3-2-4-8(9)14(22)16-10(6-17)12(20)13(21)11(19)7-18/h2-6,10-13,15,18-21H,7H2,1H3,(H,16,22)/t10-,11+,12+,13+/m1/s1. The van der Waals surface area contributed by atoms with Crippen LogP contribution in [0.1, 0.15) is 10.4 Å². The van der Waals surface area contributed by atoms with Crippen molar-refractivity contribution in [2.75, 3.05) is 19.0 Å². The molecule has 1 rings (SSSR count). The number of aliphatic hydroxyl groups excluding tert-OH is 4. The second kappa shape index (κ2) is 8.44. The van der Waals surface area contributed by atoms with Gasteiger partial charge in [0, 0.05) is 12.7 Å². The molecular weight excluding hydrogens is 292 g/mol. The zero-order valence-corrected chi connectivity index (χ0v) is 12.0. The summed E-state index contributed by atoms with van der Waals surface area (Å²) in [5.74, 6) is -0.633. The van der Waals surface area contributed by atoms with E-state index in [1.807, 2.05) is 0 Å². The van der Waals surface area contributed by atoms with Crippen molar-refractivity contribution < 1.29 is 30.0 Å². The van der Waals surface area contributed by atoms with E-state index in [0.717, 1.165) is 0 Å². The van der Waals surface area contributed by atoms with E-state index in [9.17, 15) is 24.9 Å². The third kappa shape index (κ3) is 4.25. The predicted octanol–water partition coefficient (Wildman–Crippen LogP) is -1.90. The molecule has 1 amide bonds. The van der Waals surface area contributed by atoms with Crippen LogP contribution in [0.3, 0.4) is 0 Å². The van der Waals surface area contributed by atoms with Gasteiger partial charge in [-0.25, -0.2) is 0 Å². The first-order valence-corrected chi connectivity index (χ1v) is 6.64. The monoisotopic (exact) mass is 312 g/mol. The molecule has 0 aliphatic heterocycles. The van der Waals surface area contributed by atoms with Crippen LogP contribution in [0.25, 0.3) is 0 Å². The number of rotatable bonds is 8. The Hall–Kier alpha value is -2.00. The summed E-state index contributed by atoms with van der Waals surface area (Å²) in [4.78, 5) is 23.2. The molecule has 8 heteroatoms. The fourth-order valence-corrected chi connectivity index (χ4v) is 1.88. The maximum atomic E-state index is 12.1. The molecule has 6 N–H and O–H groups in total. The highest BCUT2D eigenvalue weighted by atomic mass is 16.4. The van der Waals surface area contributed by atoms with E-state index < -0.39 is 36.9 Å². The quantitative estimate of drug-likeness (QED) is 0.308. The van der Waals surface area contributed by atoms with Crippen LogP contribution in [0.4, 0.5) is 5.69 Å². The molecule has 1 aromatic rings. The van der Waals surface area contributed by atoms with Crippen LogP contribution in [0.15, 0.2) is 24.3 Å². The van der Waals surface area contributed by atoms with Crippen LogP contribution in [-0.2, 0) is 4.79 Å². The number of nitrogens with one attached hydrogen (secondary N) is 2. The van der Waals surface area contributed by atoms with E-state index in [1.165, 1.54) is 6.07 Å². The van der Waals surface area contributed by atoms with Gasteiger partial charge in [0.1, 0.15) is 30.6 Å². The van der Waals surface area contributed by atoms with E-state index in [2.05, 4.69) is 10.6 Å². The van der Waals surface area contributed by atoms with Crippen LogP contribution in [0, 0.1) is 0 Å². The van der Waals surface area contributed by atoms with Crippen LogP contribution in [0.2, 0.25) is 0 Å². The third-order valence-electron chi connectivity index (χ3n) is 3.18. The van der Waals surface area contributed by atoms with Gasteiger partial charge in [0.2, 0.25) is 0 Å². The number of benzene rings is 1. The van der Waals surface area contributed by atoms with Gasteiger partial charge in [0.25, 0.3) is 5.91 Å². The molecule has 0 spiro atoms. The first-order chi connectivity index (χ1) is 10.5. The van der Waals surface area contributed by atoms with Gasteiger partial charge in [-0.15, -0.1) is 0 Å². The normalized spacial score (nSPS) is 16.2. The smallest absolute Gasteiger partial charge is 0.254 e. The van der Waals surface area contributed by atoms with E-state index in [4.69, 9.17) is 5.11 Å². The Bertz CT molecular complexity index is 510. The number of para-hydroxylation sites is 1. The minimum absolute atomic E-state index is 0.248. The minimum Gasteiger partial charge on any atom is -0.394 e. The lowest BCUT2D eigenvalue weighted by Crippen LogP contribution is -2.53. The maximum absolute atomic E-state index is 12.1. The molecule has 8 nitrogen and oxygen atoms in total. The SMILES string of the molecule is CNc1ccccc1C(=O)N[C@H](C=O)[C@H](O)[C@@H](O)[C@@H](O)CO. The highest BCUT2D eigenvalue weighted by Crippen LogP contribution is 2.14. The summed E-state index contributed by atoms with van der Waals surface area (Å²) in [6.07, 6.45) is -4.91. The van der Waals surface area contributed by atoms with Gasteiger partial charge >= 0.3 is 0 Å². The lowest BCUT2D eigenvalue weighted by molar-refractivity contribution is -0.119. The number of amides is 1. The molecule has 0 saturated carbocycles. The lowest BCUT2D eigenvalue weighted by Gasteiger charge is -2.26. The molecule has 4 atom stereocenters. The average molecular weight is 312 g/mol. The average Bonchev–Trinajstić information content (AvgIpc) is 2.57. The molecular formula is C14H20N2O6. The summed E-state index contributed by atoms with van der Waals surface area (Å²) in [7, 11) is 1.62. The van der Waals surface area contributed by atoms with Crippen LogP contribution in [0.5, 0.6) is 0 Å². The molecule has 0 saturated heterocycles. The molecule has 0 fully saturated rings. The van der Waals surface area contributed by atoms with Crippen LogP contribution < -0.4 is 10.6 Å². The fourth-order valence-electron chi connectivity index (χ4n) is 1.88. The molecule has 0 aromatic heterocycles. The minimum atomic E-state index is -1.78. The fraction of sp³-hybridized carbons (Fsp3) is 0.429. The first kappa shape index (κ1) is 18.1. The highest BCUT2D eigenvalue weighted by molar-refractivity contribution is 6.00. The number of hydrogen-bond donors (Lipinski definition) is 6. The Balaban J connectivity index is 2.85. The molecule has 122 valence electrons. The Morgan fingerprint density at radius 1 is 1.23 bits per heavy atom. The number of carbonyl (C=O) groups excluding carboxylic acids is 2. The van der Waals surface area contributed by atoms with Crippen molar-refractivity contribution in [2.24, 2.45) is 0 Å². The Morgan fingerprint density at radius 2 is 1.86 bits per heavy atom. The second-order valence-corrected chi connectivity index (χ2v) is 4.66. The summed E-state index contributed by atoms with van der Waals surface area (Å²) >= 11 is 0. The van der Waals surface area contributed by atoms with E-state index in [1.54, 1.807) is 25.2 Å². The number of carbonyl (C=O) groups is 2. The number of anilines is 1. The predicted molar refractivity (Wildman–Crippen MR) is 78.4 cm³/mol. The molecule has 0 bridgehead atoms. The van der Waals surface area contributed by atoms with Gasteiger partial charge in [-0.1, -0.05) is 12.1 Å². The van der Waals surface area contributed by atoms with E-state index in [-0.39, 0.29) is 11.8 Å². The molecule has 1 aromatic carbocycles. The Labute approximate surface area is 127 Å². The Kier molecular flexibility index (Phi) is 6.93. The van der Waals surface area contributed by atoms with Gasteiger partial charge in [-0.2, -0.15) is 0 Å². The van der Waals surface area contributed by atoms with Crippen molar-refractivity contribution in [3.63, 3.8) is 0 Å². The van der Waals surface area contributed by atoms with Gasteiger partial charge in [0.05, 0.1) is 12.2 Å². The van der Waals surface area contributed by atoms with Gasteiger partial charge in [-0.05, 0) is 12.1 Å². The van der Waals surface area contributed by atoms with E-state index in [0.29, 0.717) is 5.69 Å². The van der Waals surface area contributed by atoms with Crippen molar-refractivity contribution >= 4 is 17.9 Å². The van der Waals surface area contributed by atoms with Gasteiger partial charge in [0.15, 0.2) is 0 Å². The number of aliphatic hydroxyl groups is 4. The largest absolute Gasteiger partial charge is 0.394 e. The Morgan fingerprint density at radius 3 is 2.41 bits per heavy atom. The lowest BCUT2D eigenvalue weighted by atomic mass is 10.0. The zero-order valence-electron chi connectivity index (χ0n) is 12.0. The van der Waals surface area contributed by atoms with Gasteiger partial charge < -0.3 is 35.9 Å². The van der Waals surface area contributed by atoms with Crippen LogP contribution >= 0.6 is 0 Å². The summed E-state index contributed by atoms with van der Waals surface area (Å²) in [5.41, 5.74) is 0.774. The maximum Gasteiger partial charge on any atom is 0.254 e. The molecule has 0 aliphatic rings. The second-order valence-electron chi connectivity index (χ2n) is 4.66. The van der Waals surface area contributed by atoms with E-state index >= 15 is 0 Å². The van der Waals surface area contributed by atoms with Crippen molar-refractivity contribution in [2.45, 2.75) is 24.4 Å². The molecule has 0 heterocycles. The topological polar surface area (TPSA) is 139 Å². The first-order valence-electron chi connectivity index (χ1n) is 6.64. The molecule has 0 unspecified atom stereocenters. The summed E-state index contributed by atoms with van der Waals surface area (Å²) < 4.78 is 0. The molecule has 0 radical (unpaired) electrons. The van der Waals surface area contributed by atoms with Gasteiger partial charge in [-0.3, -0.25) is 4.79 Å². The molecule has 0 aliphatic carbocycles. The summed E-state index contributed by atoms with van der Waals surface area (Å²) in [6.45, 7) is -0.791. The summed E-state index contributed by atoms with van der Waals surface area (Å²) in [6, 6.07) is 5.09. The van der Waals surface area contributed by atoms with Crippen molar-refractivity contribution in [1.82, 2.24) is 5.32 Å². The van der Waals surface area contributed by atoms with Crippen LogP contribution in [-0.4, -0.2) is 70.6 Å². The summed E-state index contributed by atoms with van der Waals surface area (Å²) in [5, 5.41) is 42.5. The number of aldehydes is 1.